The lowest BCUT2D eigenvalue weighted by atomic mass is 10.3. The standard InChI is InChI=1S/C15H13N5O3S/c21-13(16-11-5-2-1-3-6-11)10-23-14(22)9-20-18-15(17-19-20)12-7-4-8-24-12/h1-8H,9-10H2,(H,16,21). The average molecular weight is 343 g/mol. The van der Waals surface area contributed by atoms with Crippen molar-refractivity contribution in [3.8, 4) is 10.7 Å². The zero-order chi connectivity index (χ0) is 16.8. The molecule has 1 N–H and O–H groups in total. The van der Waals surface area contributed by atoms with E-state index in [2.05, 4.69) is 20.7 Å². The Bertz CT molecular complexity index is 817. The van der Waals surface area contributed by atoms with Gasteiger partial charge in [-0.25, -0.2) is 4.79 Å². The highest BCUT2D eigenvalue weighted by molar-refractivity contribution is 7.13. The lowest BCUT2D eigenvalue weighted by Gasteiger charge is -2.05. The molecule has 0 aliphatic carbocycles. The Morgan fingerprint density at radius 3 is 2.75 bits per heavy atom. The highest BCUT2D eigenvalue weighted by Gasteiger charge is 2.12. The number of thiophene rings is 1. The number of anilines is 1. The van der Waals surface area contributed by atoms with E-state index in [4.69, 9.17) is 4.74 Å². The van der Waals surface area contributed by atoms with Gasteiger partial charge in [-0.2, -0.15) is 4.80 Å². The number of rotatable bonds is 6. The third-order valence-corrected chi connectivity index (χ3v) is 3.75. The second-order valence-electron chi connectivity index (χ2n) is 4.70. The van der Waals surface area contributed by atoms with Crippen LogP contribution in [0, 0.1) is 0 Å². The van der Waals surface area contributed by atoms with Crippen LogP contribution in [-0.4, -0.2) is 38.7 Å². The molecule has 0 fully saturated rings. The second-order valence-corrected chi connectivity index (χ2v) is 5.64. The number of esters is 1. The quantitative estimate of drug-likeness (QED) is 0.682. The van der Waals surface area contributed by atoms with Crippen LogP contribution in [0.1, 0.15) is 0 Å². The fourth-order valence-electron chi connectivity index (χ4n) is 1.84. The number of carbonyl (C=O) groups excluding carboxylic acids is 2. The zero-order valence-electron chi connectivity index (χ0n) is 12.5. The fraction of sp³-hybridized carbons (Fsp3) is 0.133. The summed E-state index contributed by atoms with van der Waals surface area (Å²) >= 11 is 1.48. The number of tetrazole rings is 1. The molecule has 24 heavy (non-hydrogen) atoms. The van der Waals surface area contributed by atoms with E-state index in [-0.39, 0.29) is 13.2 Å². The van der Waals surface area contributed by atoms with Crippen molar-refractivity contribution in [3.63, 3.8) is 0 Å². The number of nitrogens with one attached hydrogen (secondary N) is 1. The molecule has 0 atom stereocenters. The molecular weight excluding hydrogens is 330 g/mol. The number of nitrogens with zero attached hydrogens (tertiary/aromatic N) is 4. The number of benzene rings is 1. The maximum absolute atomic E-state index is 11.7. The van der Waals surface area contributed by atoms with Crippen LogP contribution < -0.4 is 5.32 Å². The summed E-state index contributed by atoms with van der Waals surface area (Å²) in [4.78, 5) is 25.4. The molecule has 0 unspecified atom stereocenters. The van der Waals surface area contributed by atoms with Crippen molar-refractivity contribution >= 4 is 28.9 Å². The van der Waals surface area contributed by atoms with Gasteiger partial charge in [-0.1, -0.05) is 24.3 Å². The molecule has 0 saturated heterocycles. The minimum Gasteiger partial charge on any atom is -0.454 e. The van der Waals surface area contributed by atoms with E-state index in [0.717, 1.165) is 9.67 Å². The Hall–Kier alpha value is -3.07. The predicted octanol–water partition coefficient (Wildman–Crippen LogP) is 1.58. The van der Waals surface area contributed by atoms with Crippen molar-refractivity contribution in [2.45, 2.75) is 6.54 Å². The summed E-state index contributed by atoms with van der Waals surface area (Å²) in [6.45, 7) is -0.586. The first-order chi connectivity index (χ1) is 11.7. The van der Waals surface area contributed by atoms with Crippen molar-refractivity contribution in [1.29, 1.82) is 0 Å². The first-order valence-electron chi connectivity index (χ1n) is 7.03. The van der Waals surface area contributed by atoms with Crippen LogP contribution >= 0.6 is 11.3 Å². The molecule has 2 heterocycles. The zero-order valence-corrected chi connectivity index (χ0v) is 13.3. The summed E-state index contributed by atoms with van der Waals surface area (Å²) in [5.41, 5.74) is 0.636. The summed E-state index contributed by atoms with van der Waals surface area (Å²) in [7, 11) is 0. The molecule has 9 heteroatoms. The van der Waals surface area contributed by atoms with Crippen LogP contribution in [0.3, 0.4) is 0 Å². The Labute approximate surface area is 141 Å². The van der Waals surface area contributed by atoms with Crippen molar-refractivity contribution in [3.05, 3.63) is 47.8 Å². The molecular formula is C15H13N5O3S. The van der Waals surface area contributed by atoms with Gasteiger partial charge in [0.1, 0.15) is 0 Å². The number of hydrogen-bond donors (Lipinski definition) is 1. The second kappa shape index (κ2) is 7.47. The van der Waals surface area contributed by atoms with Gasteiger partial charge in [-0.3, -0.25) is 4.79 Å². The van der Waals surface area contributed by atoms with E-state index >= 15 is 0 Å². The Balaban J connectivity index is 1.47. The fourth-order valence-corrected chi connectivity index (χ4v) is 2.49. The highest BCUT2D eigenvalue weighted by atomic mass is 32.1. The average Bonchev–Trinajstić information content (AvgIpc) is 3.25. The number of aromatic nitrogens is 4. The number of ether oxygens (including phenoxy) is 1. The molecule has 1 amide bonds. The summed E-state index contributed by atoms with van der Waals surface area (Å²) in [6.07, 6.45) is 0. The van der Waals surface area contributed by atoms with Gasteiger partial charge < -0.3 is 10.1 Å². The normalized spacial score (nSPS) is 10.3. The topological polar surface area (TPSA) is 99.0 Å². The van der Waals surface area contributed by atoms with Gasteiger partial charge in [0.25, 0.3) is 5.91 Å². The van der Waals surface area contributed by atoms with Crippen LogP contribution in [0.4, 0.5) is 5.69 Å². The molecule has 0 radical (unpaired) electrons. The minimum absolute atomic E-state index is 0.211. The van der Waals surface area contributed by atoms with E-state index < -0.39 is 11.9 Å². The first kappa shape index (κ1) is 15.8. The maximum atomic E-state index is 11.7. The van der Waals surface area contributed by atoms with E-state index in [0.29, 0.717) is 11.5 Å². The molecule has 0 spiro atoms. The largest absolute Gasteiger partial charge is 0.454 e. The Kier molecular flexibility index (Phi) is 4.92. The van der Waals surface area contributed by atoms with Gasteiger partial charge in [-0.05, 0) is 28.8 Å². The lowest BCUT2D eigenvalue weighted by molar-refractivity contribution is -0.148. The number of amides is 1. The maximum Gasteiger partial charge on any atom is 0.330 e. The third-order valence-electron chi connectivity index (χ3n) is 2.89. The number of carbonyl (C=O) groups is 2. The number of hydrogen-bond acceptors (Lipinski definition) is 7. The first-order valence-corrected chi connectivity index (χ1v) is 7.91. The van der Waals surface area contributed by atoms with Crippen LogP contribution in [0.5, 0.6) is 0 Å². The van der Waals surface area contributed by atoms with Crippen molar-refractivity contribution in [2.24, 2.45) is 0 Å². The van der Waals surface area contributed by atoms with E-state index in [1.54, 1.807) is 24.3 Å². The van der Waals surface area contributed by atoms with Crippen molar-refractivity contribution < 1.29 is 14.3 Å². The Morgan fingerprint density at radius 2 is 2.00 bits per heavy atom. The molecule has 3 aromatic rings. The molecule has 3 rings (SSSR count). The Morgan fingerprint density at radius 1 is 1.17 bits per heavy atom. The molecule has 0 aliphatic rings. The summed E-state index contributed by atoms with van der Waals surface area (Å²) in [6, 6.07) is 12.6. The molecule has 8 nitrogen and oxygen atoms in total. The summed E-state index contributed by atoms with van der Waals surface area (Å²) < 4.78 is 4.90. The predicted molar refractivity (Wildman–Crippen MR) is 87.2 cm³/mol. The number of para-hydroxylation sites is 1. The van der Waals surface area contributed by atoms with Gasteiger partial charge in [0, 0.05) is 5.69 Å². The van der Waals surface area contributed by atoms with Gasteiger partial charge in [0.2, 0.25) is 5.82 Å². The van der Waals surface area contributed by atoms with Crippen LogP contribution in [0.15, 0.2) is 47.8 Å². The molecule has 2 aromatic heterocycles. The molecule has 122 valence electrons. The van der Waals surface area contributed by atoms with Crippen molar-refractivity contribution in [2.75, 3.05) is 11.9 Å². The van der Waals surface area contributed by atoms with Gasteiger partial charge in [-0.15, -0.1) is 21.5 Å². The van der Waals surface area contributed by atoms with Crippen molar-refractivity contribution in [1.82, 2.24) is 20.2 Å². The summed E-state index contributed by atoms with van der Waals surface area (Å²) in [5, 5.41) is 16.3. The van der Waals surface area contributed by atoms with Crippen LogP contribution in [0.25, 0.3) is 10.7 Å². The van der Waals surface area contributed by atoms with E-state index in [1.807, 2.05) is 23.6 Å². The molecule has 0 bridgehead atoms. The minimum atomic E-state index is -0.617. The monoisotopic (exact) mass is 343 g/mol. The lowest BCUT2D eigenvalue weighted by Crippen LogP contribution is -2.23. The molecule has 1 aromatic carbocycles. The smallest absolute Gasteiger partial charge is 0.330 e. The van der Waals surface area contributed by atoms with Gasteiger partial charge >= 0.3 is 5.97 Å². The van der Waals surface area contributed by atoms with Gasteiger partial charge in [0.15, 0.2) is 13.2 Å². The molecule has 0 saturated carbocycles. The van der Waals surface area contributed by atoms with Gasteiger partial charge in [0.05, 0.1) is 4.88 Å². The molecule has 0 aliphatic heterocycles. The van der Waals surface area contributed by atoms with Crippen LogP contribution in [0.2, 0.25) is 0 Å². The SMILES string of the molecule is O=C(COC(=O)Cn1nnc(-c2cccs2)n1)Nc1ccccc1. The van der Waals surface area contributed by atoms with Crippen LogP contribution in [-0.2, 0) is 20.9 Å². The highest BCUT2D eigenvalue weighted by Crippen LogP contribution is 2.19. The summed E-state index contributed by atoms with van der Waals surface area (Å²) in [5.74, 6) is -0.590. The van der Waals surface area contributed by atoms with E-state index in [9.17, 15) is 9.59 Å². The third kappa shape index (κ3) is 4.23. The van der Waals surface area contributed by atoms with E-state index in [1.165, 1.54) is 11.3 Å².